The van der Waals surface area contributed by atoms with Crippen LogP contribution in [0.25, 0.3) is 11.3 Å². The van der Waals surface area contributed by atoms with Crippen LogP contribution >= 0.6 is 0 Å². The number of rotatable bonds is 4. The second-order valence-electron chi connectivity index (χ2n) is 6.34. The molecule has 0 fully saturated rings. The molecule has 0 saturated heterocycles. The van der Waals surface area contributed by atoms with Crippen molar-refractivity contribution in [1.82, 2.24) is 10.2 Å². The van der Waals surface area contributed by atoms with Crippen LogP contribution in [0.3, 0.4) is 0 Å². The molecular weight excluding hydrogens is 356 g/mol. The zero-order valence-corrected chi connectivity index (χ0v) is 15.4. The number of nitrogens with one attached hydrogen (secondary N) is 2. The zero-order valence-electron chi connectivity index (χ0n) is 15.4. The Bertz CT molecular complexity index is 1070. The molecule has 2 heterocycles. The maximum atomic E-state index is 9.83. The molecule has 2 atom stereocenters. The molecule has 2 aromatic carbocycles. The van der Waals surface area contributed by atoms with Crippen LogP contribution in [0.1, 0.15) is 17.0 Å². The van der Waals surface area contributed by atoms with Crippen LogP contribution in [-0.2, 0) is 0 Å². The summed E-state index contributed by atoms with van der Waals surface area (Å²) in [6.07, 6.45) is 0. The molecule has 0 aliphatic carbocycles. The summed E-state index contributed by atoms with van der Waals surface area (Å²) in [6, 6.07) is 17.3. The SMILES string of the molecule is COc1ccc(OC)c(C2c3c(n[nH]c3-c3ccccc3)OC(=N)C2C#N)c1. The third-order valence-electron chi connectivity index (χ3n) is 4.88. The van der Waals surface area contributed by atoms with E-state index in [9.17, 15) is 5.26 Å². The van der Waals surface area contributed by atoms with Gasteiger partial charge in [-0.15, -0.1) is 5.10 Å². The average Bonchev–Trinajstić information content (AvgIpc) is 3.16. The van der Waals surface area contributed by atoms with E-state index in [4.69, 9.17) is 19.6 Å². The van der Waals surface area contributed by atoms with Crippen LogP contribution in [0.4, 0.5) is 0 Å². The number of fused-ring (bicyclic) bond motifs is 1. The highest BCUT2D eigenvalue weighted by Gasteiger charge is 2.42. The summed E-state index contributed by atoms with van der Waals surface area (Å²) in [5, 5.41) is 25.3. The lowest BCUT2D eigenvalue weighted by atomic mass is 9.78. The predicted molar refractivity (Wildman–Crippen MR) is 103 cm³/mol. The van der Waals surface area contributed by atoms with E-state index in [-0.39, 0.29) is 5.90 Å². The van der Waals surface area contributed by atoms with Crippen LogP contribution in [0, 0.1) is 22.7 Å². The monoisotopic (exact) mass is 374 g/mol. The Kier molecular flexibility index (Phi) is 4.45. The summed E-state index contributed by atoms with van der Waals surface area (Å²) in [5.41, 5.74) is 3.12. The van der Waals surface area contributed by atoms with Crippen molar-refractivity contribution in [3.05, 3.63) is 59.7 Å². The van der Waals surface area contributed by atoms with Gasteiger partial charge in [0.15, 0.2) is 0 Å². The Balaban J connectivity index is 1.98. The van der Waals surface area contributed by atoms with E-state index in [0.717, 1.165) is 22.4 Å². The molecule has 1 aromatic heterocycles. The highest BCUT2D eigenvalue weighted by atomic mass is 16.5. The Morgan fingerprint density at radius 1 is 1.14 bits per heavy atom. The quantitative estimate of drug-likeness (QED) is 0.724. The Hall–Kier alpha value is -3.79. The smallest absolute Gasteiger partial charge is 0.244 e. The van der Waals surface area contributed by atoms with Crippen LogP contribution in [-0.4, -0.2) is 30.3 Å². The van der Waals surface area contributed by atoms with Crippen molar-refractivity contribution in [2.75, 3.05) is 14.2 Å². The van der Waals surface area contributed by atoms with Gasteiger partial charge >= 0.3 is 0 Å². The number of hydrogen-bond donors (Lipinski definition) is 2. The minimum absolute atomic E-state index is 0.143. The Morgan fingerprint density at radius 3 is 2.61 bits per heavy atom. The second kappa shape index (κ2) is 7.08. The molecule has 28 heavy (non-hydrogen) atoms. The normalized spacial score (nSPS) is 18.0. The lowest BCUT2D eigenvalue weighted by molar-refractivity contribution is 0.388. The van der Waals surface area contributed by atoms with E-state index < -0.39 is 11.8 Å². The van der Waals surface area contributed by atoms with Crippen LogP contribution in [0.2, 0.25) is 0 Å². The van der Waals surface area contributed by atoms with Crippen molar-refractivity contribution >= 4 is 5.90 Å². The summed E-state index contributed by atoms with van der Waals surface area (Å²) in [5.74, 6) is 0.0683. The number of benzene rings is 2. The third kappa shape index (κ3) is 2.76. The fraction of sp³-hybridized carbons (Fsp3) is 0.190. The van der Waals surface area contributed by atoms with Crippen LogP contribution in [0.5, 0.6) is 17.4 Å². The molecule has 2 N–H and O–H groups in total. The molecule has 140 valence electrons. The number of H-pyrrole nitrogens is 1. The van der Waals surface area contributed by atoms with Gasteiger partial charge in [0, 0.05) is 11.5 Å². The van der Waals surface area contributed by atoms with Gasteiger partial charge in [0.2, 0.25) is 11.8 Å². The fourth-order valence-electron chi connectivity index (χ4n) is 3.56. The van der Waals surface area contributed by atoms with E-state index in [2.05, 4.69) is 16.3 Å². The van der Waals surface area contributed by atoms with Crippen molar-refractivity contribution in [2.24, 2.45) is 5.92 Å². The standard InChI is InChI=1S/C21H18N4O3/c1-26-13-8-9-16(27-2)14(10-13)17-15(11-22)20(23)28-21-18(17)19(24-25-21)12-6-4-3-5-7-12/h3-10,15,17,23H,1-2H3,(H,24,25). The number of hydrogen-bond acceptors (Lipinski definition) is 6. The average molecular weight is 374 g/mol. The molecule has 0 radical (unpaired) electrons. The number of aromatic nitrogens is 2. The molecule has 7 nitrogen and oxygen atoms in total. The van der Waals surface area contributed by atoms with Gasteiger partial charge in [-0.2, -0.15) is 5.26 Å². The van der Waals surface area contributed by atoms with Gasteiger partial charge in [-0.25, -0.2) is 0 Å². The van der Waals surface area contributed by atoms with Crippen molar-refractivity contribution < 1.29 is 14.2 Å². The van der Waals surface area contributed by atoms with E-state index >= 15 is 0 Å². The van der Waals surface area contributed by atoms with Crippen molar-refractivity contribution in [2.45, 2.75) is 5.92 Å². The van der Waals surface area contributed by atoms with E-state index in [0.29, 0.717) is 17.4 Å². The number of aromatic amines is 1. The molecule has 0 amide bonds. The summed E-state index contributed by atoms with van der Waals surface area (Å²) >= 11 is 0. The third-order valence-corrected chi connectivity index (χ3v) is 4.88. The van der Waals surface area contributed by atoms with Crippen LogP contribution < -0.4 is 14.2 Å². The first-order chi connectivity index (χ1) is 13.7. The lowest BCUT2D eigenvalue weighted by Gasteiger charge is -2.29. The van der Waals surface area contributed by atoms with Gasteiger partial charge in [0.05, 0.1) is 31.5 Å². The molecule has 2 unspecified atom stereocenters. The first-order valence-corrected chi connectivity index (χ1v) is 8.69. The van der Waals surface area contributed by atoms with Crippen molar-refractivity contribution in [1.29, 1.82) is 10.7 Å². The molecular formula is C21H18N4O3. The van der Waals surface area contributed by atoms with Gasteiger partial charge in [-0.1, -0.05) is 30.3 Å². The van der Waals surface area contributed by atoms with Gasteiger partial charge in [-0.05, 0) is 23.8 Å². The van der Waals surface area contributed by atoms with Crippen molar-refractivity contribution in [3.8, 4) is 34.7 Å². The second-order valence-corrected chi connectivity index (χ2v) is 6.34. The van der Waals surface area contributed by atoms with Crippen LogP contribution in [0.15, 0.2) is 48.5 Å². The molecule has 3 aromatic rings. The number of methoxy groups -OCH3 is 2. The Morgan fingerprint density at radius 2 is 1.93 bits per heavy atom. The van der Waals surface area contributed by atoms with E-state index in [1.165, 1.54) is 0 Å². The highest BCUT2D eigenvalue weighted by Crippen LogP contribution is 2.48. The van der Waals surface area contributed by atoms with E-state index in [1.54, 1.807) is 26.4 Å². The summed E-state index contributed by atoms with van der Waals surface area (Å²) in [7, 11) is 3.16. The highest BCUT2D eigenvalue weighted by molar-refractivity contribution is 5.87. The molecule has 0 saturated carbocycles. The summed E-state index contributed by atoms with van der Waals surface area (Å²) < 4.78 is 16.5. The summed E-state index contributed by atoms with van der Waals surface area (Å²) in [4.78, 5) is 0. The topological polar surface area (TPSA) is 104 Å². The maximum absolute atomic E-state index is 9.83. The van der Waals surface area contributed by atoms with Gasteiger partial charge < -0.3 is 14.2 Å². The number of nitrogens with zero attached hydrogens (tertiary/aromatic N) is 2. The summed E-state index contributed by atoms with van der Waals surface area (Å²) in [6.45, 7) is 0. The fourth-order valence-corrected chi connectivity index (χ4v) is 3.56. The molecule has 0 spiro atoms. The molecule has 1 aliphatic rings. The molecule has 0 bridgehead atoms. The largest absolute Gasteiger partial charge is 0.497 e. The zero-order chi connectivity index (χ0) is 19.7. The first-order valence-electron chi connectivity index (χ1n) is 8.69. The molecule has 4 rings (SSSR count). The first kappa shape index (κ1) is 17.6. The number of ether oxygens (including phenoxy) is 3. The van der Waals surface area contributed by atoms with Gasteiger partial charge in [0.25, 0.3) is 0 Å². The molecule has 7 heteroatoms. The lowest BCUT2D eigenvalue weighted by Crippen LogP contribution is -2.31. The predicted octanol–water partition coefficient (Wildman–Crippen LogP) is 3.74. The Labute approximate surface area is 162 Å². The number of nitriles is 1. The van der Waals surface area contributed by atoms with E-state index in [1.807, 2.05) is 36.4 Å². The maximum Gasteiger partial charge on any atom is 0.244 e. The minimum Gasteiger partial charge on any atom is -0.497 e. The van der Waals surface area contributed by atoms with Gasteiger partial charge in [-0.3, -0.25) is 10.5 Å². The minimum atomic E-state index is -0.825. The van der Waals surface area contributed by atoms with Gasteiger partial charge in [0.1, 0.15) is 17.4 Å². The van der Waals surface area contributed by atoms with Crippen molar-refractivity contribution in [3.63, 3.8) is 0 Å². The molecule has 1 aliphatic heterocycles.